The quantitative estimate of drug-likeness (QED) is 0.198. The Morgan fingerprint density at radius 3 is 1.12 bits per heavy atom. The predicted octanol–water partition coefficient (Wildman–Crippen LogP) is 11.8. The van der Waals surface area contributed by atoms with Crippen molar-refractivity contribution in [2.45, 2.75) is 0 Å². The van der Waals surface area contributed by atoms with E-state index in [1.54, 1.807) is 0 Å². The van der Waals surface area contributed by atoms with Crippen LogP contribution >= 0.6 is 0 Å². The topological polar surface area (TPSA) is 0 Å². The molecule has 0 aromatic heterocycles. The third kappa shape index (κ3) is 4.17. The molecule has 0 heterocycles. The van der Waals surface area contributed by atoms with Crippen LogP contribution in [0.5, 0.6) is 0 Å². The first-order valence-electron chi connectivity index (χ1n) is 14.5. The van der Waals surface area contributed by atoms with E-state index in [-0.39, 0.29) is 0 Å². The molecule has 0 unspecified atom stereocenters. The molecule has 0 amide bonds. The van der Waals surface area contributed by atoms with Gasteiger partial charge in [0.2, 0.25) is 0 Å². The minimum atomic E-state index is 1.23. The molecule has 0 fully saturated rings. The molecule has 0 nitrogen and oxygen atoms in total. The second-order valence-electron chi connectivity index (χ2n) is 10.9. The molecule has 0 saturated carbocycles. The molecule has 0 aliphatic heterocycles. The minimum Gasteiger partial charge on any atom is -0.0622 e. The average molecular weight is 533 g/mol. The fraction of sp³-hybridized carbons (Fsp3) is 0. The van der Waals surface area contributed by atoms with Crippen LogP contribution in [-0.4, -0.2) is 0 Å². The van der Waals surface area contributed by atoms with E-state index < -0.39 is 0 Å². The van der Waals surface area contributed by atoms with E-state index >= 15 is 0 Å². The normalized spacial score (nSPS) is 11.3. The van der Waals surface area contributed by atoms with E-state index in [1.807, 2.05) is 0 Å². The van der Waals surface area contributed by atoms with Crippen molar-refractivity contribution in [2.24, 2.45) is 0 Å². The first kappa shape index (κ1) is 24.3. The van der Waals surface area contributed by atoms with Crippen molar-refractivity contribution < 1.29 is 0 Å². The van der Waals surface area contributed by atoms with E-state index in [4.69, 9.17) is 0 Å². The Balaban J connectivity index is 1.34. The van der Waals surface area contributed by atoms with Gasteiger partial charge in [-0.2, -0.15) is 0 Å². The predicted molar refractivity (Wildman–Crippen MR) is 181 cm³/mol. The maximum absolute atomic E-state index is 2.37. The Kier molecular flexibility index (Phi) is 5.90. The van der Waals surface area contributed by atoms with E-state index in [9.17, 15) is 0 Å². The Labute approximate surface area is 246 Å². The van der Waals surface area contributed by atoms with Gasteiger partial charge in [-0.1, -0.05) is 158 Å². The molecule has 0 aliphatic carbocycles. The van der Waals surface area contributed by atoms with Crippen LogP contribution in [0.4, 0.5) is 0 Å². The van der Waals surface area contributed by atoms with Crippen molar-refractivity contribution in [3.63, 3.8) is 0 Å². The highest BCUT2D eigenvalue weighted by Crippen LogP contribution is 2.44. The number of fused-ring (bicyclic) bond motifs is 3. The van der Waals surface area contributed by atoms with Gasteiger partial charge in [-0.05, 0) is 89.0 Å². The summed E-state index contributed by atoms with van der Waals surface area (Å²) in [4.78, 5) is 0. The zero-order chi connectivity index (χ0) is 27.9. The van der Waals surface area contributed by atoms with Gasteiger partial charge in [0.25, 0.3) is 0 Å². The highest BCUT2D eigenvalue weighted by atomic mass is 14.2. The van der Waals surface area contributed by atoms with E-state index in [0.29, 0.717) is 0 Å². The summed E-state index contributed by atoms with van der Waals surface area (Å²) in [5.74, 6) is 0. The van der Waals surface area contributed by atoms with Gasteiger partial charge in [-0.15, -0.1) is 0 Å². The summed E-state index contributed by atoms with van der Waals surface area (Å²) in [6.45, 7) is 0. The molecule has 0 spiro atoms. The minimum absolute atomic E-state index is 1.23. The summed E-state index contributed by atoms with van der Waals surface area (Å²) in [6, 6.07) is 61.7. The van der Waals surface area contributed by atoms with Crippen LogP contribution in [0.1, 0.15) is 0 Å². The smallest absolute Gasteiger partial charge is 0.00262 e. The monoisotopic (exact) mass is 532 g/mol. The number of hydrogen-bond donors (Lipinski definition) is 0. The number of rotatable bonds is 4. The van der Waals surface area contributed by atoms with Gasteiger partial charge in [-0.25, -0.2) is 0 Å². The summed E-state index contributed by atoms with van der Waals surface area (Å²) in [7, 11) is 0. The van der Waals surface area contributed by atoms with Crippen molar-refractivity contribution >= 4 is 32.3 Å². The van der Waals surface area contributed by atoms with Crippen LogP contribution in [0.25, 0.3) is 76.8 Å². The zero-order valence-corrected chi connectivity index (χ0v) is 23.2. The van der Waals surface area contributed by atoms with Gasteiger partial charge in [0.1, 0.15) is 0 Å². The number of hydrogen-bond acceptors (Lipinski definition) is 0. The van der Waals surface area contributed by atoms with Crippen molar-refractivity contribution in [1.82, 2.24) is 0 Å². The van der Waals surface area contributed by atoms with Crippen LogP contribution in [0, 0.1) is 0 Å². The average Bonchev–Trinajstić information content (AvgIpc) is 3.07. The second kappa shape index (κ2) is 10.2. The molecule has 0 bridgehead atoms. The lowest BCUT2D eigenvalue weighted by Crippen LogP contribution is -1.91. The van der Waals surface area contributed by atoms with Crippen molar-refractivity contribution in [1.29, 1.82) is 0 Å². The van der Waals surface area contributed by atoms with Gasteiger partial charge in [-0.3, -0.25) is 0 Å². The number of benzene rings is 8. The Hall–Kier alpha value is -5.46. The lowest BCUT2D eigenvalue weighted by atomic mass is 9.85. The Bertz CT molecular complexity index is 2150. The van der Waals surface area contributed by atoms with Crippen LogP contribution < -0.4 is 0 Å². The molecule has 0 radical (unpaired) electrons. The molecular weight excluding hydrogens is 504 g/mol. The van der Waals surface area contributed by atoms with Gasteiger partial charge >= 0.3 is 0 Å². The van der Waals surface area contributed by atoms with Crippen molar-refractivity contribution in [2.75, 3.05) is 0 Å². The third-order valence-electron chi connectivity index (χ3n) is 8.45. The third-order valence-corrected chi connectivity index (χ3v) is 8.45. The highest BCUT2D eigenvalue weighted by molar-refractivity contribution is 6.21. The second-order valence-corrected chi connectivity index (χ2v) is 10.9. The molecule has 42 heavy (non-hydrogen) atoms. The summed E-state index contributed by atoms with van der Waals surface area (Å²) >= 11 is 0. The highest BCUT2D eigenvalue weighted by Gasteiger charge is 2.17. The zero-order valence-electron chi connectivity index (χ0n) is 23.2. The molecule has 0 saturated heterocycles. The summed E-state index contributed by atoms with van der Waals surface area (Å²) in [5.41, 5.74) is 10.0. The largest absolute Gasteiger partial charge is 0.0622 e. The molecule has 8 aromatic rings. The first-order valence-corrected chi connectivity index (χ1v) is 14.5. The van der Waals surface area contributed by atoms with Crippen molar-refractivity contribution in [3.05, 3.63) is 170 Å². The van der Waals surface area contributed by atoms with Gasteiger partial charge in [0.05, 0.1) is 0 Å². The van der Waals surface area contributed by atoms with Crippen LogP contribution in [0.15, 0.2) is 170 Å². The summed E-state index contributed by atoms with van der Waals surface area (Å²) in [5, 5.41) is 7.60. The van der Waals surface area contributed by atoms with Crippen LogP contribution in [0.3, 0.4) is 0 Å². The summed E-state index contributed by atoms with van der Waals surface area (Å²) < 4.78 is 0. The Morgan fingerprint density at radius 1 is 0.214 bits per heavy atom. The maximum atomic E-state index is 2.37. The van der Waals surface area contributed by atoms with E-state index in [0.717, 1.165) is 0 Å². The molecule has 0 N–H and O–H groups in total. The fourth-order valence-corrected chi connectivity index (χ4v) is 6.42. The molecule has 196 valence electrons. The molecule has 8 rings (SSSR count). The lowest BCUT2D eigenvalue weighted by molar-refractivity contribution is 1.61. The van der Waals surface area contributed by atoms with Crippen LogP contribution in [-0.2, 0) is 0 Å². The van der Waals surface area contributed by atoms with E-state index in [1.165, 1.54) is 76.8 Å². The Morgan fingerprint density at radius 2 is 0.571 bits per heavy atom. The van der Waals surface area contributed by atoms with Gasteiger partial charge in [0.15, 0.2) is 0 Å². The van der Waals surface area contributed by atoms with E-state index in [2.05, 4.69) is 170 Å². The summed E-state index contributed by atoms with van der Waals surface area (Å²) in [6.07, 6.45) is 0. The fourth-order valence-electron chi connectivity index (χ4n) is 6.42. The molecule has 0 atom stereocenters. The standard InChI is InChI=1S/C42H28/c1-3-11-29(12-4-1)31-19-23-33(24-20-31)41-37-15-7-9-17-39(37)42(40-18-10-8-16-38(40)41)35-26-22-32-21-25-34(27-36(32)28-35)30-13-5-2-6-14-30/h1-28H. The lowest BCUT2D eigenvalue weighted by Gasteiger charge is -2.18. The van der Waals surface area contributed by atoms with Crippen molar-refractivity contribution in [3.8, 4) is 44.5 Å². The maximum Gasteiger partial charge on any atom is -0.00262 e. The van der Waals surface area contributed by atoms with Gasteiger partial charge in [0, 0.05) is 0 Å². The molecular formula is C42H28. The first-order chi connectivity index (χ1) is 20.8. The van der Waals surface area contributed by atoms with Gasteiger partial charge < -0.3 is 0 Å². The van der Waals surface area contributed by atoms with Crippen LogP contribution in [0.2, 0.25) is 0 Å². The molecule has 0 aliphatic rings. The SMILES string of the molecule is c1ccc(-c2ccc(-c3c4ccccc4c(-c4ccc5ccc(-c6ccccc6)cc5c4)c4ccccc34)cc2)cc1. The molecule has 0 heteroatoms. The molecule has 8 aromatic carbocycles.